The van der Waals surface area contributed by atoms with Gasteiger partial charge in [-0.3, -0.25) is 19.5 Å². The Morgan fingerprint density at radius 3 is 2.25 bits per heavy atom. The van der Waals surface area contributed by atoms with Crippen LogP contribution in [0.1, 0.15) is 20.3 Å². The Hall–Kier alpha value is -4.81. The minimum absolute atomic E-state index is 0.0696. The normalized spacial score (nSPS) is 20.6. The van der Waals surface area contributed by atoms with E-state index in [1.54, 1.807) is 31.5 Å². The second-order valence-electron chi connectivity index (χ2n) is 12.1. The van der Waals surface area contributed by atoms with Gasteiger partial charge in [-0.1, -0.05) is 13.8 Å². The van der Waals surface area contributed by atoms with Crippen molar-refractivity contribution in [2.45, 2.75) is 20.3 Å². The molecule has 1 saturated carbocycles. The van der Waals surface area contributed by atoms with E-state index in [0.717, 1.165) is 45.3 Å². The van der Waals surface area contributed by atoms with E-state index in [1.807, 2.05) is 13.8 Å². The van der Waals surface area contributed by atoms with Gasteiger partial charge in [-0.15, -0.1) is 0 Å². The van der Waals surface area contributed by atoms with Crippen molar-refractivity contribution in [2.24, 2.45) is 17.3 Å². The Morgan fingerprint density at radius 1 is 0.896 bits per heavy atom. The number of hydrogen-bond acceptors (Lipinski definition) is 8. The second-order valence-corrected chi connectivity index (χ2v) is 12.1. The van der Waals surface area contributed by atoms with Crippen molar-refractivity contribution in [3.05, 3.63) is 78.5 Å². The molecular formula is C36H38F2N4O6. The number of hydrogen-bond donors (Lipinski definition) is 2. The predicted octanol–water partition coefficient (Wildman–Crippen LogP) is 6.26. The number of methoxy groups -OCH3 is 1. The van der Waals surface area contributed by atoms with Gasteiger partial charge in [0.2, 0.25) is 11.8 Å². The molecule has 2 heterocycles. The van der Waals surface area contributed by atoms with Gasteiger partial charge in [0.15, 0.2) is 23.1 Å². The fourth-order valence-electron chi connectivity index (χ4n) is 6.27. The number of carbonyl (C=O) groups is 2. The molecule has 1 saturated heterocycles. The number of anilines is 2. The number of morpholine rings is 1. The van der Waals surface area contributed by atoms with Crippen molar-refractivity contribution in [1.29, 1.82) is 0 Å². The summed E-state index contributed by atoms with van der Waals surface area (Å²) in [7, 11) is 1.55. The molecule has 2 aliphatic rings. The van der Waals surface area contributed by atoms with Crippen LogP contribution < -0.4 is 24.8 Å². The van der Waals surface area contributed by atoms with Crippen molar-refractivity contribution in [2.75, 3.05) is 57.2 Å². The topological polar surface area (TPSA) is 111 Å². The highest BCUT2D eigenvalue weighted by atomic mass is 19.1. The third-order valence-electron chi connectivity index (χ3n) is 9.31. The molecule has 1 aliphatic carbocycles. The average Bonchev–Trinajstić information content (AvgIpc) is 3.65. The number of fused-ring (bicyclic) bond motifs is 1. The Kier molecular flexibility index (Phi) is 9.74. The lowest BCUT2D eigenvalue weighted by Crippen LogP contribution is -2.38. The molecule has 0 radical (unpaired) electrons. The number of amides is 2. The highest BCUT2D eigenvalue weighted by Crippen LogP contribution is 2.59. The van der Waals surface area contributed by atoms with Crippen molar-refractivity contribution >= 4 is 34.1 Å². The SMILES string of the molecule is COc1cc2c(Oc3ccc(NC(=O)[C@]4(C(=O)Nc5ccc(F)cc5)C(C)[C@H]4C)cc3F)ccnc2cc1OCCCN1CCOCC1. The van der Waals surface area contributed by atoms with Crippen molar-refractivity contribution in [1.82, 2.24) is 9.88 Å². The third kappa shape index (κ3) is 6.76. The van der Waals surface area contributed by atoms with Crippen LogP contribution in [0.2, 0.25) is 0 Å². The molecule has 2 amide bonds. The monoisotopic (exact) mass is 660 g/mol. The van der Waals surface area contributed by atoms with E-state index in [1.165, 1.54) is 36.4 Å². The summed E-state index contributed by atoms with van der Waals surface area (Å²) in [6, 6.07) is 14.5. The molecule has 3 atom stereocenters. The van der Waals surface area contributed by atoms with E-state index < -0.39 is 28.9 Å². The Bertz CT molecular complexity index is 1790. The maximum Gasteiger partial charge on any atom is 0.240 e. The van der Waals surface area contributed by atoms with Gasteiger partial charge in [-0.25, -0.2) is 8.78 Å². The minimum Gasteiger partial charge on any atom is -0.493 e. The lowest BCUT2D eigenvalue weighted by Gasteiger charge is -2.26. The Balaban J connectivity index is 1.13. The number of nitrogens with one attached hydrogen (secondary N) is 2. The van der Waals surface area contributed by atoms with E-state index in [9.17, 15) is 14.0 Å². The summed E-state index contributed by atoms with van der Waals surface area (Å²) in [5.74, 6) is -1.42. The Labute approximate surface area is 277 Å². The van der Waals surface area contributed by atoms with E-state index in [-0.39, 0.29) is 23.3 Å². The molecule has 6 rings (SSSR count). The average molecular weight is 661 g/mol. The molecule has 2 fully saturated rings. The molecule has 10 nitrogen and oxygen atoms in total. The zero-order chi connectivity index (χ0) is 33.8. The lowest BCUT2D eigenvalue weighted by molar-refractivity contribution is -0.132. The van der Waals surface area contributed by atoms with Gasteiger partial charge >= 0.3 is 0 Å². The molecule has 1 aromatic heterocycles. The molecule has 12 heteroatoms. The molecule has 0 spiro atoms. The first-order valence-electron chi connectivity index (χ1n) is 16.0. The zero-order valence-corrected chi connectivity index (χ0v) is 27.1. The predicted molar refractivity (Wildman–Crippen MR) is 177 cm³/mol. The summed E-state index contributed by atoms with van der Waals surface area (Å²) in [5, 5.41) is 6.00. The first-order chi connectivity index (χ1) is 23.2. The summed E-state index contributed by atoms with van der Waals surface area (Å²) in [5.41, 5.74) is -0.239. The highest BCUT2D eigenvalue weighted by Gasteiger charge is 2.69. The van der Waals surface area contributed by atoms with Crippen molar-refractivity contribution in [3.63, 3.8) is 0 Å². The van der Waals surface area contributed by atoms with Gasteiger partial charge in [-0.2, -0.15) is 0 Å². The summed E-state index contributed by atoms with van der Waals surface area (Å²) in [4.78, 5) is 33.5. The molecule has 0 bridgehead atoms. The molecular weight excluding hydrogens is 622 g/mol. The van der Waals surface area contributed by atoms with E-state index in [0.29, 0.717) is 40.4 Å². The molecule has 252 valence electrons. The van der Waals surface area contributed by atoms with E-state index in [2.05, 4.69) is 20.5 Å². The lowest BCUT2D eigenvalue weighted by atomic mass is 9.99. The molecule has 2 N–H and O–H groups in total. The summed E-state index contributed by atoms with van der Waals surface area (Å²) >= 11 is 0. The fourth-order valence-corrected chi connectivity index (χ4v) is 6.27. The fraction of sp³-hybridized carbons (Fsp3) is 0.361. The molecule has 4 aromatic rings. The zero-order valence-electron chi connectivity index (χ0n) is 27.1. The van der Waals surface area contributed by atoms with Gasteiger partial charge in [0.05, 0.1) is 32.4 Å². The molecule has 48 heavy (non-hydrogen) atoms. The van der Waals surface area contributed by atoms with Gasteiger partial charge < -0.3 is 29.6 Å². The maximum absolute atomic E-state index is 15.4. The van der Waals surface area contributed by atoms with Crippen LogP contribution in [-0.2, 0) is 14.3 Å². The first kappa shape index (κ1) is 33.1. The van der Waals surface area contributed by atoms with Gasteiger partial charge in [-0.05, 0) is 66.8 Å². The Morgan fingerprint density at radius 2 is 1.58 bits per heavy atom. The quantitative estimate of drug-likeness (QED) is 0.135. The molecule has 3 aromatic carbocycles. The third-order valence-corrected chi connectivity index (χ3v) is 9.31. The number of halogens is 2. The summed E-state index contributed by atoms with van der Waals surface area (Å²) in [6.45, 7) is 8.37. The highest BCUT2D eigenvalue weighted by molar-refractivity contribution is 6.17. The van der Waals surface area contributed by atoms with Gasteiger partial charge in [0, 0.05) is 54.7 Å². The van der Waals surface area contributed by atoms with Crippen LogP contribution in [0.15, 0.2) is 66.9 Å². The number of aromatic nitrogens is 1. The van der Waals surface area contributed by atoms with Gasteiger partial charge in [0.1, 0.15) is 17.0 Å². The number of carbonyl (C=O) groups excluding carboxylic acids is 2. The summed E-state index contributed by atoms with van der Waals surface area (Å²) in [6.07, 6.45) is 2.41. The number of rotatable bonds is 12. The van der Waals surface area contributed by atoms with Crippen molar-refractivity contribution < 1.29 is 37.3 Å². The van der Waals surface area contributed by atoms with Crippen molar-refractivity contribution in [3.8, 4) is 23.0 Å². The number of pyridine rings is 1. The molecule has 1 unspecified atom stereocenters. The van der Waals surface area contributed by atoms with Crippen LogP contribution in [0.3, 0.4) is 0 Å². The van der Waals surface area contributed by atoms with E-state index in [4.69, 9.17) is 18.9 Å². The second kappa shape index (κ2) is 14.1. The number of nitrogens with zero attached hydrogens (tertiary/aromatic N) is 2. The van der Waals surface area contributed by atoms with Crippen LogP contribution in [0.4, 0.5) is 20.2 Å². The standard InChI is InChI=1S/C36H38F2N4O6/c1-22-23(2)36(22,34(43)40-25-7-5-24(37)6-8-25)35(44)41-26-9-10-31(28(38)19-26)48-30-11-12-39-29-21-33(32(45-3)20-27(29)30)47-16-4-13-42-14-17-46-18-15-42/h5-12,19-23H,4,13-18H2,1-3H3,(H,40,43)(H,41,44)/t22-,23?,36+/m1/s1. The van der Waals surface area contributed by atoms with Crippen LogP contribution in [0.5, 0.6) is 23.0 Å². The smallest absolute Gasteiger partial charge is 0.240 e. The van der Waals surface area contributed by atoms with E-state index >= 15 is 4.39 Å². The summed E-state index contributed by atoms with van der Waals surface area (Å²) < 4.78 is 51.7. The van der Waals surface area contributed by atoms with Crippen LogP contribution >= 0.6 is 0 Å². The van der Waals surface area contributed by atoms with Crippen LogP contribution in [0, 0.1) is 28.9 Å². The van der Waals surface area contributed by atoms with Crippen LogP contribution in [0.25, 0.3) is 10.9 Å². The number of ether oxygens (including phenoxy) is 4. The molecule has 1 aliphatic heterocycles. The van der Waals surface area contributed by atoms with Gasteiger partial charge in [0.25, 0.3) is 0 Å². The minimum atomic E-state index is -1.36. The largest absolute Gasteiger partial charge is 0.493 e. The first-order valence-corrected chi connectivity index (χ1v) is 16.0. The van der Waals surface area contributed by atoms with Crippen LogP contribution in [-0.4, -0.2) is 68.3 Å². The number of benzene rings is 3. The maximum atomic E-state index is 15.4.